The van der Waals surface area contributed by atoms with Gasteiger partial charge in [0, 0.05) is 6.07 Å². The van der Waals surface area contributed by atoms with Crippen molar-refractivity contribution in [1.29, 1.82) is 5.26 Å². The predicted molar refractivity (Wildman–Crippen MR) is 134 cm³/mol. The highest BCUT2D eigenvalue weighted by atomic mass is 32.2. The summed E-state index contributed by atoms with van der Waals surface area (Å²) in [4.78, 5) is 41.6. The molecule has 0 aliphatic rings. The number of anilines is 1. The molecule has 0 aliphatic carbocycles. The van der Waals surface area contributed by atoms with Gasteiger partial charge in [0.25, 0.3) is 11.2 Å². The first-order valence-electron chi connectivity index (χ1n) is 10.5. The highest BCUT2D eigenvalue weighted by molar-refractivity contribution is 7.99. The van der Waals surface area contributed by atoms with Crippen molar-refractivity contribution in [3.63, 3.8) is 0 Å². The van der Waals surface area contributed by atoms with E-state index >= 15 is 0 Å². The molecule has 1 heterocycles. The Balaban J connectivity index is 1.69. The van der Waals surface area contributed by atoms with Gasteiger partial charge < -0.3 is 5.32 Å². The summed E-state index contributed by atoms with van der Waals surface area (Å²) in [6, 6.07) is 18.4. The number of carbonyl (C=O) groups excluding carboxylic acids is 1. The molecule has 3 aromatic carbocycles. The number of nitrogens with zero attached hydrogens (tertiary/aromatic N) is 4. The van der Waals surface area contributed by atoms with Crippen LogP contribution in [-0.2, 0) is 4.79 Å². The molecule has 0 unspecified atom stereocenters. The number of hydrogen-bond donors (Lipinski definition) is 1. The number of fused-ring (bicyclic) bond motifs is 1. The van der Waals surface area contributed by atoms with Crippen molar-refractivity contribution in [2.45, 2.75) is 19.0 Å². The zero-order valence-electron chi connectivity index (χ0n) is 18.8. The summed E-state index contributed by atoms with van der Waals surface area (Å²) < 4.78 is 1.39. The minimum Gasteiger partial charge on any atom is -0.319 e. The minimum atomic E-state index is -0.539. The van der Waals surface area contributed by atoms with E-state index in [9.17, 15) is 19.7 Å². The van der Waals surface area contributed by atoms with E-state index < -0.39 is 10.8 Å². The third-order valence-electron chi connectivity index (χ3n) is 5.51. The number of rotatable bonds is 6. The molecular weight excluding hydrogens is 466 g/mol. The molecule has 0 bridgehead atoms. The number of nitriles is 1. The molecule has 1 amide bonds. The summed E-state index contributed by atoms with van der Waals surface area (Å²) in [5.41, 5.74) is 2.49. The molecule has 4 aromatic rings. The molecule has 4 rings (SSSR count). The van der Waals surface area contributed by atoms with Crippen LogP contribution in [0.5, 0.6) is 0 Å². The Kier molecular flexibility index (Phi) is 6.62. The van der Waals surface area contributed by atoms with Crippen molar-refractivity contribution in [1.82, 2.24) is 9.55 Å². The van der Waals surface area contributed by atoms with Gasteiger partial charge >= 0.3 is 0 Å². The van der Waals surface area contributed by atoms with Gasteiger partial charge in [0.2, 0.25) is 5.91 Å². The molecule has 35 heavy (non-hydrogen) atoms. The van der Waals surface area contributed by atoms with Crippen molar-refractivity contribution in [3.8, 4) is 11.8 Å². The molecule has 1 aromatic heterocycles. The van der Waals surface area contributed by atoms with Gasteiger partial charge in [-0.15, -0.1) is 0 Å². The van der Waals surface area contributed by atoms with Crippen LogP contribution in [0.4, 0.5) is 11.4 Å². The SMILES string of the molecule is Cc1ccc([N+](=O)[O-])c(NC(=O)CSc2nc3ccccc3c(=O)n2-c2ccc(C#N)cc2)c1C. The van der Waals surface area contributed by atoms with Crippen molar-refractivity contribution in [3.05, 3.63) is 97.8 Å². The number of hydrogen-bond acceptors (Lipinski definition) is 7. The highest BCUT2D eigenvalue weighted by Gasteiger charge is 2.20. The van der Waals surface area contributed by atoms with E-state index in [2.05, 4.69) is 10.3 Å². The monoisotopic (exact) mass is 485 g/mol. The summed E-state index contributed by atoms with van der Waals surface area (Å²) in [6.45, 7) is 3.51. The fourth-order valence-electron chi connectivity index (χ4n) is 3.54. The average Bonchev–Trinajstić information content (AvgIpc) is 2.85. The molecule has 0 spiro atoms. The third kappa shape index (κ3) is 4.76. The number of nitro benzene ring substituents is 1. The lowest BCUT2D eigenvalue weighted by molar-refractivity contribution is -0.384. The number of nitrogens with one attached hydrogen (secondary N) is 1. The van der Waals surface area contributed by atoms with Crippen molar-refractivity contribution < 1.29 is 9.72 Å². The van der Waals surface area contributed by atoms with Gasteiger partial charge in [-0.2, -0.15) is 5.26 Å². The quantitative estimate of drug-likeness (QED) is 0.184. The number of thioether (sulfide) groups is 1. The Morgan fingerprint density at radius 2 is 1.86 bits per heavy atom. The average molecular weight is 486 g/mol. The standard InChI is InChI=1S/C25H19N5O4S/c1-15-7-12-21(30(33)34)23(16(15)2)28-22(31)14-35-25-27-20-6-4-3-5-19(20)24(32)29(25)18-10-8-17(13-26)9-11-18/h3-12H,14H2,1-2H3,(H,28,31). The molecular formula is C25H19N5O4S. The minimum absolute atomic E-state index is 0.133. The summed E-state index contributed by atoms with van der Waals surface area (Å²) in [5, 5.41) is 23.9. The second-order valence-electron chi connectivity index (χ2n) is 7.71. The molecule has 1 N–H and O–H groups in total. The van der Waals surface area contributed by atoms with Crippen LogP contribution in [0, 0.1) is 35.3 Å². The van der Waals surface area contributed by atoms with Crippen molar-refractivity contribution in [2.75, 3.05) is 11.1 Å². The molecule has 0 aliphatic heterocycles. The first kappa shape index (κ1) is 23.7. The van der Waals surface area contributed by atoms with E-state index in [0.717, 1.165) is 17.3 Å². The molecule has 0 atom stereocenters. The Morgan fingerprint density at radius 3 is 2.54 bits per heavy atom. The number of carbonyl (C=O) groups is 1. The number of aryl methyl sites for hydroxylation is 1. The van der Waals surface area contributed by atoms with Crippen LogP contribution >= 0.6 is 11.8 Å². The zero-order chi connectivity index (χ0) is 25.1. The second kappa shape index (κ2) is 9.79. The Morgan fingerprint density at radius 1 is 1.14 bits per heavy atom. The molecule has 174 valence electrons. The van der Waals surface area contributed by atoms with Gasteiger partial charge in [0.15, 0.2) is 5.16 Å². The van der Waals surface area contributed by atoms with Crippen molar-refractivity contribution >= 4 is 39.9 Å². The first-order valence-corrected chi connectivity index (χ1v) is 11.5. The van der Waals surface area contributed by atoms with E-state index in [1.165, 1.54) is 10.6 Å². The van der Waals surface area contributed by atoms with Crippen molar-refractivity contribution in [2.24, 2.45) is 0 Å². The van der Waals surface area contributed by atoms with E-state index in [4.69, 9.17) is 5.26 Å². The van der Waals surface area contributed by atoms with Crippen LogP contribution in [0.1, 0.15) is 16.7 Å². The molecule has 10 heteroatoms. The number of amides is 1. The number of nitro groups is 1. The molecule has 0 saturated heterocycles. The lowest BCUT2D eigenvalue weighted by Gasteiger charge is -2.14. The maximum Gasteiger partial charge on any atom is 0.293 e. The van der Waals surface area contributed by atoms with Crippen LogP contribution < -0.4 is 10.9 Å². The number of para-hydroxylation sites is 1. The van der Waals surface area contributed by atoms with Crippen LogP contribution in [0.2, 0.25) is 0 Å². The normalized spacial score (nSPS) is 10.7. The largest absolute Gasteiger partial charge is 0.319 e. The smallest absolute Gasteiger partial charge is 0.293 e. The predicted octanol–water partition coefficient (Wildman–Crippen LogP) is 4.51. The van der Waals surface area contributed by atoms with Crippen LogP contribution in [0.3, 0.4) is 0 Å². The lowest BCUT2D eigenvalue weighted by atomic mass is 10.1. The first-order chi connectivity index (χ1) is 16.8. The maximum absolute atomic E-state index is 13.3. The Hall–Kier alpha value is -4.49. The fourth-order valence-corrected chi connectivity index (χ4v) is 4.35. The van der Waals surface area contributed by atoms with Crippen LogP contribution in [0.15, 0.2) is 70.6 Å². The number of benzene rings is 3. The summed E-state index contributed by atoms with van der Waals surface area (Å²) in [5.74, 6) is -0.605. The van der Waals surface area contributed by atoms with Crippen LogP contribution in [0.25, 0.3) is 16.6 Å². The summed E-state index contributed by atoms with van der Waals surface area (Å²) in [6.07, 6.45) is 0. The Labute approximate surface area is 204 Å². The fraction of sp³-hybridized carbons (Fsp3) is 0.120. The lowest BCUT2D eigenvalue weighted by Crippen LogP contribution is -2.23. The maximum atomic E-state index is 13.3. The summed E-state index contributed by atoms with van der Waals surface area (Å²) in [7, 11) is 0. The number of aromatic nitrogens is 2. The van der Waals surface area contributed by atoms with Gasteiger partial charge in [-0.1, -0.05) is 30.0 Å². The van der Waals surface area contributed by atoms with E-state index in [0.29, 0.717) is 27.7 Å². The third-order valence-corrected chi connectivity index (χ3v) is 6.45. The topological polar surface area (TPSA) is 131 Å². The van der Waals surface area contributed by atoms with E-state index in [1.807, 2.05) is 6.07 Å². The van der Waals surface area contributed by atoms with Gasteiger partial charge in [0.05, 0.1) is 38.9 Å². The molecule has 9 nitrogen and oxygen atoms in total. The zero-order valence-corrected chi connectivity index (χ0v) is 19.6. The van der Waals surface area contributed by atoms with Crippen LogP contribution in [-0.4, -0.2) is 26.1 Å². The van der Waals surface area contributed by atoms with Gasteiger partial charge in [0.1, 0.15) is 5.69 Å². The van der Waals surface area contributed by atoms with E-state index in [-0.39, 0.29) is 27.8 Å². The highest BCUT2D eigenvalue weighted by Crippen LogP contribution is 2.30. The van der Waals surface area contributed by atoms with Gasteiger partial charge in [-0.25, -0.2) is 4.98 Å². The van der Waals surface area contributed by atoms with Gasteiger partial charge in [-0.05, 0) is 61.4 Å². The second-order valence-corrected chi connectivity index (χ2v) is 8.65. The summed E-state index contributed by atoms with van der Waals surface area (Å²) >= 11 is 1.04. The molecule has 0 saturated carbocycles. The molecule has 0 fully saturated rings. The van der Waals surface area contributed by atoms with Gasteiger partial charge in [-0.3, -0.25) is 24.3 Å². The Bertz CT molecular complexity index is 1570. The molecule has 0 radical (unpaired) electrons. The van der Waals surface area contributed by atoms with E-state index in [1.54, 1.807) is 68.4 Å².